The topological polar surface area (TPSA) is 46.9 Å². The van der Waals surface area contributed by atoms with Crippen molar-refractivity contribution >= 4 is 5.82 Å². The Morgan fingerprint density at radius 3 is 2.78 bits per heavy atom. The number of aryl methyl sites for hydroxylation is 1. The second kappa shape index (κ2) is 5.55. The quantitative estimate of drug-likeness (QED) is 0.892. The highest BCUT2D eigenvalue weighted by molar-refractivity contribution is 5.31. The third kappa shape index (κ3) is 2.92. The van der Waals surface area contributed by atoms with Crippen LogP contribution < -0.4 is 10.9 Å². The fraction of sp³-hybridized carbons (Fsp3) is 0.714. The van der Waals surface area contributed by atoms with Crippen molar-refractivity contribution in [3.8, 4) is 0 Å². The maximum absolute atomic E-state index is 12.0. The van der Waals surface area contributed by atoms with Gasteiger partial charge in [-0.15, -0.1) is 0 Å². The van der Waals surface area contributed by atoms with Gasteiger partial charge in [-0.25, -0.2) is 4.98 Å². The Labute approximate surface area is 108 Å². The standard InChI is InChI=1S/C14H23N3O/c1-3-17-10-9-15-12(13(17)18)16-11-14(2)7-5-4-6-8-14/h9-10H,3-8,11H2,1-2H3,(H,15,16). The molecule has 0 radical (unpaired) electrons. The third-order valence-electron chi connectivity index (χ3n) is 4.00. The molecule has 0 aromatic carbocycles. The summed E-state index contributed by atoms with van der Waals surface area (Å²) < 4.78 is 1.68. The summed E-state index contributed by atoms with van der Waals surface area (Å²) in [6, 6.07) is 0. The molecule has 0 bridgehead atoms. The minimum Gasteiger partial charge on any atom is -0.365 e. The smallest absolute Gasteiger partial charge is 0.293 e. The first-order valence-electron chi connectivity index (χ1n) is 6.94. The molecule has 0 saturated heterocycles. The van der Waals surface area contributed by atoms with Gasteiger partial charge in [0.25, 0.3) is 5.56 Å². The highest BCUT2D eigenvalue weighted by Gasteiger charge is 2.26. The van der Waals surface area contributed by atoms with E-state index in [0.29, 0.717) is 17.8 Å². The van der Waals surface area contributed by atoms with Crippen molar-refractivity contribution in [3.63, 3.8) is 0 Å². The molecular formula is C14H23N3O. The minimum atomic E-state index is -0.0144. The summed E-state index contributed by atoms with van der Waals surface area (Å²) in [6.07, 6.45) is 9.87. The van der Waals surface area contributed by atoms with E-state index in [9.17, 15) is 4.79 Å². The Kier molecular flexibility index (Phi) is 4.04. The third-order valence-corrected chi connectivity index (χ3v) is 4.00. The van der Waals surface area contributed by atoms with Crippen LogP contribution >= 0.6 is 0 Å². The van der Waals surface area contributed by atoms with Crippen molar-refractivity contribution in [1.29, 1.82) is 0 Å². The van der Waals surface area contributed by atoms with E-state index in [0.717, 1.165) is 6.54 Å². The van der Waals surface area contributed by atoms with Gasteiger partial charge in [0.15, 0.2) is 5.82 Å². The van der Waals surface area contributed by atoms with Gasteiger partial charge in [0.05, 0.1) is 0 Å². The predicted octanol–water partition coefficient (Wildman–Crippen LogP) is 2.65. The summed E-state index contributed by atoms with van der Waals surface area (Å²) in [7, 11) is 0. The van der Waals surface area contributed by atoms with Gasteiger partial charge in [-0.3, -0.25) is 4.79 Å². The first-order valence-corrected chi connectivity index (χ1v) is 6.94. The van der Waals surface area contributed by atoms with E-state index in [2.05, 4.69) is 17.2 Å². The molecule has 100 valence electrons. The lowest BCUT2D eigenvalue weighted by molar-refractivity contribution is 0.233. The summed E-state index contributed by atoms with van der Waals surface area (Å²) in [6.45, 7) is 5.81. The van der Waals surface area contributed by atoms with Crippen LogP contribution in [-0.2, 0) is 6.54 Å². The number of nitrogens with one attached hydrogen (secondary N) is 1. The fourth-order valence-corrected chi connectivity index (χ4v) is 2.70. The van der Waals surface area contributed by atoms with Crippen LogP contribution in [0.25, 0.3) is 0 Å². The number of anilines is 1. The summed E-state index contributed by atoms with van der Waals surface area (Å²) in [5.41, 5.74) is 0.304. The van der Waals surface area contributed by atoms with Crippen LogP contribution in [-0.4, -0.2) is 16.1 Å². The molecule has 1 aromatic heterocycles. The van der Waals surface area contributed by atoms with E-state index >= 15 is 0 Å². The Hall–Kier alpha value is -1.32. The number of nitrogens with zero attached hydrogens (tertiary/aromatic N) is 2. The van der Waals surface area contributed by atoms with Crippen LogP contribution in [0.3, 0.4) is 0 Å². The molecule has 2 rings (SSSR count). The first kappa shape index (κ1) is 13.1. The van der Waals surface area contributed by atoms with E-state index in [1.165, 1.54) is 32.1 Å². The average molecular weight is 249 g/mol. The van der Waals surface area contributed by atoms with Crippen molar-refractivity contribution in [2.24, 2.45) is 5.41 Å². The van der Waals surface area contributed by atoms with Crippen LogP contribution in [0.4, 0.5) is 5.82 Å². The van der Waals surface area contributed by atoms with Crippen molar-refractivity contribution in [1.82, 2.24) is 9.55 Å². The molecule has 0 unspecified atom stereocenters. The Balaban J connectivity index is 2.04. The highest BCUT2D eigenvalue weighted by atomic mass is 16.1. The number of hydrogen-bond donors (Lipinski definition) is 1. The second-order valence-electron chi connectivity index (χ2n) is 5.59. The second-order valence-corrected chi connectivity index (χ2v) is 5.59. The summed E-state index contributed by atoms with van der Waals surface area (Å²) in [5, 5.41) is 3.25. The normalized spacial score (nSPS) is 18.6. The zero-order chi connectivity index (χ0) is 13.0. The van der Waals surface area contributed by atoms with E-state index in [-0.39, 0.29) is 5.56 Å². The van der Waals surface area contributed by atoms with Crippen molar-refractivity contribution in [2.75, 3.05) is 11.9 Å². The van der Waals surface area contributed by atoms with Crippen LogP contribution in [0.15, 0.2) is 17.2 Å². The summed E-state index contributed by atoms with van der Waals surface area (Å²) >= 11 is 0. The van der Waals surface area contributed by atoms with Crippen molar-refractivity contribution < 1.29 is 0 Å². The molecule has 1 aliphatic rings. The van der Waals surface area contributed by atoms with Crippen LogP contribution in [0, 0.1) is 5.41 Å². The molecule has 1 fully saturated rings. The molecule has 4 nitrogen and oxygen atoms in total. The monoisotopic (exact) mass is 249 g/mol. The molecule has 0 amide bonds. The molecule has 4 heteroatoms. The van der Waals surface area contributed by atoms with E-state index in [1.54, 1.807) is 17.0 Å². The van der Waals surface area contributed by atoms with Crippen molar-refractivity contribution in [2.45, 2.75) is 52.5 Å². The molecular weight excluding hydrogens is 226 g/mol. The maximum Gasteiger partial charge on any atom is 0.293 e. The Morgan fingerprint density at radius 2 is 2.11 bits per heavy atom. The first-order chi connectivity index (χ1) is 8.64. The van der Waals surface area contributed by atoms with Crippen LogP contribution in [0.1, 0.15) is 46.0 Å². The molecule has 1 saturated carbocycles. The fourth-order valence-electron chi connectivity index (χ4n) is 2.70. The van der Waals surface area contributed by atoms with Gasteiger partial charge in [0, 0.05) is 25.5 Å². The van der Waals surface area contributed by atoms with Crippen LogP contribution in [0.5, 0.6) is 0 Å². The summed E-state index contributed by atoms with van der Waals surface area (Å²) in [5.74, 6) is 0.492. The molecule has 0 spiro atoms. The summed E-state index contributed by atoms with van der Waals surface area (Å²) in [4.78, 5) is 16.2. The Bertz CT molecular complexity index is 447. The lowest BCUT2D eigenvalue weighted by Gasteiger charge is -2.33. The molecule has 1 N–H and O–H groups in total. The number of hydrogen-bond acceptors (Lipinski definition) is 3. The van der Waals surface area contributed by atoms with Crippen molar-refractivity contribution in [3.05, 3.63) is 22.7 Å². The van der Waals surface area contributed by atoms with Gasteiger partial charge in [0.2, 0.25) is 0 Å². The molecule has 0 aliphatic heterocycles. The minimum absolute atomic E-state index is 0.0144. The van der Waals surface area contributed by atoms with Gasteiger partial charge < -0.3 is 9.88 Å². The number of aromatic nitrogens is 2. The van der Waals surface area contributed by atoms with E-state index in [1.807, 2.05) is 6.92 Å². The molecule has 0 atom stereocenters. The SMILES string of the molecule is CCn1ccnc(NCC2(C)CCCCC2)c1=O. The number of rotatable bonds is 4. The highest BCUT2D eigenvalue weighted by Crippen LogP contribution is 2.35. The molecule has 1 aliphatic carbocycles. The van der Waals surface area contributed by atoms with Gasteiger partial charge >= 0.3 is 0 Å². The van der Waals surface area contributed by atoms with E-state index < -0.39 is 0 Å². The van der Waals surface area contributed by atoms with Gasteiger partial charge in [-0.1, -0.05) is 26.2 Å². The lowest BCUT2D eigenvalue weighted by atomic mass is 9.76. The predicted molar refractivity (Wildman–Crippen MR) is 73.9 cm³/mol. The van der Waals surface area contributed by atoms with Gasteiger partial charge in [-0.05, 0) is 25.2 Å². The molecule has 1 aromatic rings. The maximum atomic E-state index is 12.0. The zero-order valence-electron chi connectivity index (χ0n) is 11.4. The average Bonchev–Trinajstić information content (AvgIpc) is 2.38. The van der Waals surface area contributed by atoms with E-state index in [4.69, 9.17) is 0 Å². The zero-order valence-corrected chi connectivity index (χ0v) is 11.4. The molecule has 18 heavy (non-hydrogen) atoms. The van der Waals surface area contributed by atoms with Crippen LogP contribution in [0.2, 0.25) is 0 Å². The lowest BCUT2D eigenvalue weighted by Crippen LogP contribution is -2.32. The Morgan fingerprint density at radius 1 is 1.39 bits per heavy atom. The van der Waals surface area contributed by atoms with Gasteiger partial charge in [0.1, 0.15) is 0 Å². The molecule has 1 heterocycles. The van der Waals surface area contributed by atoms with Gasteiger partial charge in [-0.2, -0.15) is 0 Å². The largest absolute Gasteiger partial charge is 0.365 e.